The van der Waals surface area contributed by atoms with Gasteiger partial charge in [-0.3, -0.25) is 4.98 Å². The van der Waals surface area contributed by atoms with Crippen molar-refractivity contribution in [2.24, 2.45) is 0 Å². The molecule has 0 amide bonds. The molecule has 4 nitrogen and oxygen atoms in total. The van der Waals surface area contributed by atoms with Gasteiger partial charge in [0.1, 0.15) is 12.7 Å². The first-order valence-electron chi connectivity index (χ1n) is 6.68. The molecule has 1 aliphatic rings. The van der Waals surface area contributed by atoms with Gasteiger partial charge in [0, 0.05) is 17.6 Å². The normalized spacial score (nSPS) is 17.7. The molecule has 4 heteroatoms. The summed E-state index contributed by atoms with van der Waals surface area (Å²) in [6.45, 7) is 6.39. The molecule has 0 fully saturated rings. The second-order valence-corrected chi connectivity index (χ2v) is 4.77. The van der Waals surface area contributed by atoms with Gasteiger partial charge in [-0.15, -0.1) is 0 Å². The van der Waals surface area contributed by atoms with Crippen LogP contribution in [0.1, 0.15) is 12.6 Å². The predicted octanol–water partition coefficient (Wildman–Crippen LogP) is 2.29. The molecule has 19 heavy (non-hydrogen) atoms. The Morgan fingerprint density at radius 3 is 3.05 bits per heavy atom. The third kappa shape index (κ3) is 2.36. The molecule has 100 valence electrons. The average molecular weight is 258 g/mol. The van der Waals surface area contributed by atoms with Gasteiger partial charge in [0.15, 0.2) is 11.5 Å². The van der Waals surface area contributed by atoms with Crippen LogP contribution in [0.25, 0.3) is 10.9 Å². The van der Waals surface area contributed by atoms with E-state index >= 15 is 0 Å². The Bertz CT molecular complexity index is 598. The Kier molecular flexibility index (Phi) is 3.25. The summed E-state index contributed by atoms with van der Waals surface area (Å²) < 4.78 is 11.8. The number of nitrogens with one attached hydrogen (secondary N) is 1. The molecule has 0 aliphatic carbocycles. The minimum atomic E-state index is 0.0550. The van der Waals surface area contributed by atoms with Gasteiger partial charge < -0.3 is 14.8 Å². The summed E-state index contributed by atoms with van der Waals surface area (Å²) in [5, 5.41) is 4.30. The van der Waals surface area contributed by atoms with Crippen molar-refractivity contribution in [2.45, 2.75) is 20.0 Å². The van der Waals surface area contributed by atoms with Crippen molar-refractivity contribution in [3.63, 3.8) is 0 Å². The molecule has 0 saturated heterocycles. The fourth-order valence-electron chi connectivity index (χ4n) is 2.28. The molecule has 3 rings (SSSR count). The Hall–Kier alpha value is -1.81. The van der Waals surface area contributed by atoms with Gasteiger partial charge in [0.05, 0.1) is 5.52 Å². The Labute approximate surface area is 112 Å². The largest absolute Gasteiger partial charge is 0.486 e. The van der Waals surface area contributed by atoms with Crippen LogP contribution in [0.4, 0.5) is 0 Å². The van der Waals surface area contributed by atoms with E-state index in [0.717, 1.165) is 41.2 Å². The summed E-state index contributed by atoms with van der Waals surface area (Å²) in [5.41, 5.74) is 1.96. The Balaban J connectivity index is 1.97. The minimum absolute atomic E-state index is 0.0550. The van der Waals surface area contributed by atoms with E-state index in [0.29, 0.717) is 6.61 Å². The number of nitrogens with zero attached hydrogens (tertiary/aromatic N) is 1. The second kappa shape index (κ2) is 5.05. The third-order valence-corrected chi connectivity index (χ3v) is 3.26. The van der Waals surface area contributed by atoms with Crippen LogP contribution >= 0.6 is 0 Å². The van der Waals surface area contributed by atoms with Gasteiger partial charge in [-0.05, 0) is 37.7 Å². The highest BCUT2D eigenvalue weighted by Gasteiger charge is 2.22. The van der Waals surface area contributed by atoms with E-state index in [2.05, 4.69) is 23.3 Å². The van der Waals surface area contributed by atoms with E-state index in [-0.39, 0.29) is 6.10 Å². The molecule has 0 saturated carbocycles. The van der Waals surface area contributed by atoms with E-state index in [1.165, 1.54) is 0 Å². The molecule has 2 aromatic rings. The Morgan fingerprint density at radius 1 is 1.32 bits per heavy atom. The lowest BCUT2D eigenvalue weighted by atomic mass is 10.1. The summed E-state index contributed by atoms with van der Waals surface area (Å²) in [5.74, 6) is 1.63. The summed E-state index contributed by atoms with van der Waals surface area (Å²) in [6, 6.07) is 7.97. The third-order valence-electron chi connectivity index (χ3n) is 3.26. The molecule has 1 atom stereocenters. The standard InChI is InChI=1S/C15H18N2O2/c1-3-16-8-11-9-18-14-7-6-13-12(15(14)19-11)5-4-10(2)17-13/h4-7,11,16H,3,8-9H2,1-2H3/t11-/m0/s1. The number of benzene rings is 1. The average Bonchev–Trinajstić information content (AvgIpc) is 2.44. The van der Waals surface area contributed by atoms with Crippen molar-refractivity contribution in [1.82, 2.24) is 10.3 Å². The summed E-state index contributed by atoms with van der Waals surface area (Å²) in [4.78, 5) is 4.52. The van der Waals surface area contributed by atoms with Crippen LogP contribution in [0.3, 0.4) is 0 Å². The van der Waals surface area contributed by atoms with Crippen LogP contribution in [-0.4, -0.2) is 30.8 Å². The first-order valence-corrected chi connectivity index (χ1v) is 6.68. The zero-order valence-corrected chi connectivity index (χ0v) is 11.3. The summed E-state index contributed by atoms with van der Waals surface area (Å²) in [7, 11) is 0. The van der Waals surface area contributed by atoms with Gasteiger partial charge in [-0.25, -0.2) is 0 Å². The number of hydrogen-bond acceptors (Lipinski definition) is 4. The summed E-state index contributed by atoms with van der Waals surface area (Å²) in [6.07, 6.45) is 0.0550. The highest BCUT2D eigenvalue weighted by molar-refractivity contribution is 5.88. The zero-order chi connectivity index (χ0) is 13.2. The smallest absolute Gasteiger partial charge is 0.171 e. The van der Waals surface area contributed by atoms with E-state index < -0.39 is 0 Å². The summed E-state index contributed by atoms with van der Waals surface area (Å²) >= 11 is 0. The molecule has 0 spiro atoms. The van der Waals surface area contributed by atoms with Crippen molar-refractivity contribution in [3.8, 4) is 11.5 Å². The number of fused-ring (bicyclic) bond motifs is 3. The van der Waals surface area contributed by atoms with Crippen LogP contribution in [0.15, 0.2) is 24.3 Å². The molecular formula is C15H18N2O2. The van der Waals surface area contributed by atoms with E-state index in [4.69, 9.17) is 9.47 Å². The molecule has 0 radical (unpaired) electrons. The van der Waals surface area contributed by atoms with Crippen molar-refractivity contribution in [3.05, 3.63) is 30.0 Å². The highest BCUT2D eigenvalue weighted by atomic mass is 16.6. The molecule has 1 aromatic heterocycles. The highest BCUT2D eigenvalue weighted by Crippen LogP contribution is 2.38. The van der Waals surface area contributed by atoms with Crippen LogP contribution in [0.5, 0.6) is 11.5 Å². The van der Waals surface area contributed by atoms with Crippen LogP contribution < -0.4 is 14.8 Å². The predicted molar refractivity (Wildman–Crippen MR) is 74.9 cm³/mol. The lowest BCUT2D eigenvalue weighted by Crippen LogP contribution is -2.38. The van der Waals surface area contributed by atoms with Gasteiger partial charge >= 0.3 is 0 Å². The van der Waals surface area contributed by atoms with Gasteiger partial charge in [0.2, 0.25) is 0 Å². The van der Waals surface area contributed by atoms with Gasteiger partial charge in [-0.1, -0.05) is 6.92 Å². The number of aromatic nitrogens is 1. The Morgan fingerprint density at radius 2 is 2.21 bits per heavy atom. The fraction of sp³-hybridized carbons (Fsp3) is 0.400. The number of aryl methyl sites for hydroxylation is 1. The van der Waals surface area contributed by atoms with Crippen LogP contribution in [0, 0.1) is 6.92 Å². The monoisotopic (exact) mass is 258 g/mol. The number of hydrogen-bond donors (Lipinski definition) is 1. The molecule has 1 aliphatic heterocycles. The van der Waals surface area contributed by atoms with Crippen molar-refractivity contribution < 1.29 is 9.47 Å². The van der Waals surface area contributed by atoms with Gasteiger partial charge in [-0.2, -0.15) is 0 Å². The number of rotatable bonds is 3. The van der Waals surface area contributed by atoms with Crippen LogP contribution in [0.2, 0.25) is 0 Å². The first-order chi connectivity index (χ1) is 9.28. The second-order valence-electron chi connectivity index (χ2n) is 4.77. The lowest BCUT2D eigenvalue weighted by molar-refractivity contribution is 0.0929. The van der Waals surface area contributed by atoms with Gasteiger partial charge in [0.25, 0.3) is 0 Å². The maximum atomic E-state index is 6.06. The molecule has 0 unspecified atom stereocenters. The number of ether oxygens (including phenoxy) is 2. The quantitative estimate of drug-likeness (QED) is 0.917. The van der Waals surface area contributed by atoms with Crippen molar-refractivity contribution in [1.29, 1.82) is 0 Å². The SMILES string of the molecule is CCNC[C@H]1COc2ccc3nc(C)ccc3c2O1. The zero-order valence-electron chi connectivity index (χ0n) is 11.3. The number of pyridine rings is 1. The number of likely N-dealkylation sites (N-methyl/N-ethyl adjacent to an activating group) is 1. The minimum Gasteiger partial charge on any atom is -0.486 e. The maximum absolute atomic E-state index is 6.06. The molecule has 2 heterocycles. The first kappa shape index (κ1) is 12.2. The molecule has 0 bridgehead atoms. The van der Waals surface area contributed by atoms with E-state index in [1.807, 2.05) is 25.1 Å². The molecule has 1 N–H and O–H groups in total. The lowest BCUT2D eigenvalue weighted by Gasteiger charge is -2.27. The molecule has 1 aromatic carbocycles. The molecular weight excluding hydrogens is 240 g/mol. The van der Waals surface area contributed by atoms with E-state index in [9.17, 15) is 0 Å². The van der Waals surface area contributed by atoms with E-state index in [1.54, 1.807) is 0 Å². The topological polar surface area (TPSA) is 43.4 Å². The van der Waals surface area contributed by atoms with Crippen molar-refractivity contribution in [2.75, 3.05) is 19.7 Å². The van der Waals surface area contributed by atoms with Crippen LogP contribution in [-0.2, 0) is 0 Å². The maximum Gasteiger partial charge on any atom is 0.171 e. The fourth-order valence-corrected chi connectivity index (χ4v) is 2.28. The van der Waals surface area contributed by atoms with Crippen molar-refractivity contribution >= 4 is 10.9 Å².